The van der Waals surface area contributed by atoms with E-state index in [1.165, 1.54) is 4.90 Å². The number of hydrogen-bond donors (Lipinski definition) is 3. The minimum absolute atomic E-state index is 0.164. The summed E-state index contributed by atoms with van der Waals surface area (Å²) >= 11 is 0. The van der Waals surface area contributed by atoms with Gasteiger partial charge in [-0.3, -0.25) is 9.59 Å². The summed E-state index contributed by atoms with van der Waals surface area (Å²) in [5, 5.41) is 6.03. The lowest BCUT2D eigenvalue weighted by atomic mass is 9.90. The van der Waals surface area contributed by atoms with Gasteiger partial charge >= 0.3 is 0 Å². The zero-order valence-corrected chi connectivity index (χ0v) is 18.8. The van der Waals surface area contributed by atoms with Crippen LogP contribution in [0.5, 0.6) is 0 Å². The lowest BCUT2D eigenvalue weighted by Gasteiger charge is -2.23. The molecule has 166 valence electrons. The summed E-state index contributed by atoms with van der Waals surface area (Å²) in [5.74, 6) is -0.838. The summed E-state index contributed by atoms with van der Waals surface area (Å²) in [4.78, 5) is 27.8. The smallest absolute Gasteiger partial charge is 0.243 e. The lowest BCUT2D eigenvalue weighted by Crippen LogP contribution is -3.06. The maximum atomic E-state index is 13.5. The van der Waals surface area contributed by atoms with E-state index in [0.29, 0.717) is 13.0 Å². The third kappa shape index (κ3) is 6.79. The van der Waals surface area contributed by atoms with Gasteiger partial charge in [-0.15, -0.1) is 0 Å². The SMILES string of the molecule is C[NH+](C)CCNC(=O)[C@@H](Cc1ccccc1)NC(=O)C(c1ccccc1)c1ccccc1. The molecule has 0 spiro atoms. The average molecular weight is 431 g/mol. The van der Waals surface area contributed by atoms with Crippen molar-refractivity contribution in [1.82, 2.24) is 10.6 Å². The second kappa shape index (κ2) is 11.8. The Bertz CT molecular complexity index is 936. The molecule has 3 N–H and O–H groups in total. The van der Waals surface area contributed by atoms with Crippen LogP contribution in [0.3, 0.4) is 0 Å². The molecule has 3 aromatic carbocycles. The van der Waals surface area contributed by atoms with E-state index in [9.17, 15) is 9.59 Å². The molecule has 0 radical (unpaired) electrons. The topological polar surface area (TPSA) is 62.6 Å². The van der Waals surface area contributed by atoms with Gasteiger partial charge in [-0.1, -0.05) is 91.0 Å². The Morgan fingerprint density at radius 3 is 1.75 bits per heavy atom. The molecule has 0 aliphatic rings. The predicted octanol–water partition coefficient (Wildman–Crippen LogP) is 1.81. The highest BCUT2D eigenvalue weighted by Crippen LogP contribution is 2.25. The molecule has 3 aromatic rings. The molecular weight excluding hydrogens is 398 g/mol. The van der Waals surface area contributed by atoms with Crippen molar-refractivity contribution >= 4 is 11.8 Å². The highest BCUT2D eigenvalue weighted by molar-refractivity contribution is 5.92. The van der Waals surface area contributed by atoms with Gasteiger partial charge in [0, 0.05) is 6.42 Å². The van der Waals surface area contributed by atoms with Crippen LogP contribution in [0, 0.1) is 0 Å². The van der Waals surface area contributed by atoms with Crippen LogP contribution in [0.4, 0.5) is 0 Å². The predicted molar refractivity (Wildman–Crippen MR) is 127 cm³/mol. The van der Waals surface area contributed by atoms with E-state index in [4.69, 9.17) is 0 Å². The van der Waals surface area contributed by atoms with Crippen molar-refractivity contribution in [2.45, 2.75) is 18.4 Å². The average Bonchev–Trinajstić information content (AvgIpc) is 2.80. The number of quaternary nitrogens is 1. The minimum Gasteiger partial charge on any atom is -0.349 e. The van der Waals surface area contributed by atoms with E-state index in [1.807, 2.05) is 105 Å². The normalized spacial score (nSPS) is 11.9. The van der Waals surface area contributed by atoms with Crippen molar-refractivity contribution in [3.05, 3.63) is 108 Å². The van der Waals surface area contributed by atoms with E-state index >= 15 is 0 Å². The van der Waals surface area contributed by atoms with Crippen LogP contribution in [0.1, 0.15) is 22.6 Å². The Hall–Kier alpha value is -3.44. The largest absolute Gasteiger partial charge is 0.349 e. The second-order valence-electron chi connectivity index (χ2n) is 8.25. The van der Waals surface area contributed by atoms with Crippen LogP contribution in [0.15, 0.2) is 91.0 Å². The van der Waals surface area contributed by atoms with E-state index in [2.05, 4.69) is 10.6 Å². The standard InChI is InChI=1S/C27H31N3O2/c1-30(2)19-18-28-26(31)24(20-21-12-6-3-7-13-21)29-27(32)25(22-14-8-4-9-15-22)23-16-10-5-11-17-23/h3-17,24-25H,18-20H2,1-2H3,(H,28,31)(H,29,32)/p+1/t24-/m1/s1. The van der Waals surface area contributed by atoms with Crippen molar-refractivity contribution in [2.75, 3.05) is 27.2 Å². The van der Waals surface area contributed by atoms with Gasteiger partial charge in [0.05, 0.1) is 33.1 Å². The molecule has 0 unspecified atom stereocenters. The van der Waals surface area contributed by atoms with Crippen LogP contribution in [-0.4, -0.2) is 45.0 Å². The molecular formula is C27H32N3O2+. The van der Waals surface area contributed by atoms with Crippen molar-refractivity contribution in [3.8, 4) is 0 Å². The van der Waals surface area contributed by atoms with Crippen LogP contribution in [-0.2, 0) is 16.0 Å². The quantitative estimate of drug-likeness (QED) is 0.459. The van der Waals surface area contributed by atoms with Gasteiger partial charge in [0.1, 0.15) is 6.04 Å². The molecule has 0 aliphatic heterocycles. The van der Waals surface area contributed by atoms with Crippen LogP contribution < -0.4 is 15.5 Å². The number of hydrogen-bond acceptors (Lipinski definition) is 2. The monoisotopic (exact) mass is 430 g/mol. The summed E-state index contributed by atoms with van der Waals surface area (Å²) in [6.07, 6.45) is 0.434. The Kier molecular flexibility index (Phi) is 8.58. The number of benzene rings is 3. The summed E-state index contributed by atoms with van der Waals surface area (Å²) in [7, 11) is 4.08. The highest BCUT2D eigenvalue weighted by atomic mass is 16.2. The maximum absolute atomic E-state index is 13.5. The summed E-state index contributed by atoms with van der Waals surface area (Å²) < 4.78 is 0. The van der Waals surface area contributed by atoms with Crippen LogP contribution in [0.25, 0.3) is 0 Å². The number of rotatable bonds is 10. The molecule has 3 rings (SSSR count). The van der Waals surface area contributed by atoms with Crippen molar-refractivity contribution in [1.29, 1.82) is 0 Å². The van der Waals surface area contributed by atoms with Gasteiger partial charge in [0.2, 0.25) is 11.8 Å². The van der Waals surface area contributed by atoms with E-state index in [1.54, 1.807) is 0 Å². The molecule has 0 aromatic heterocycles. The molecule has 0 saturated heterocycles. The fourth-order valence-electron chi connectivity index (χ4n) is 3.66. The zero-order valence-electron chi connectivity index (χ0n) is 18.8. The van der Waals surface area contributed by atoms with Crippen molar-refractivity contribution in [2.24, 2.45) is 0 Å². The molecule has 0 saturated carbocycles. The molecule has 1 atom stereocenters. The molecule has 0 bridgehead atoms. The fraction of sp³-hybridized carbons (Fsp3) is 0.259. The molecule has 2 amide bonds. The fourth-order valence-corrected chi connectivity index (χ4v) is 3.66. The minimum atomic E-state index is -0.656. The lowest BCUT2D eigenvalue weighted by molar-refractivity contribution is -0.856. The number of carbonyl (C=O) groups is 2. The Labute approximate surface area is 190 Å². The van der Waals surface area contributed by atoms with E-state index < -0.39 is 12.0 Å². The highest BCUT2D eigenvalue weighted by Gasteiger charge is 2.28. The van der Waals surface area contributed by atoms with E-state index in [0.717, 1.165) is 23.2 Å². The first-order valence-corrected chi connectivity index (χ1v) is 11.1. The number of nitrogens with one attached hydrogen (secondary N) is 3. The third-order valence-corrected chi connectivity index (χ3v) is 5.37. The Morgan fingerprint density at radius 2 is 1.25 bits per heavy atom. The molecule has 5 nitrogen and oxygen atoms in total. The van der Waals surface area contributed by atoms with Gasteiger partial charge in [0.15, 0.2) is 0 Å². The maximum Gasteiger partial charge on any atom is 0.243 e. The first kappa shape index (κ1) is 23.2. The molecule has 0 aliphatic carbocycles. The van der Waals surface area contributed by atoms with Gasteiger partial charge in [-0.05, 0) is 16.7 Å². The van der Waals surface area contributed by atoms with Gasteiger partial charge in [0.25, 0.3) is 0 Å². The number of carbonyl (C=O) groups excluding carboxylic acids is 2. The van der Waals surface area contributed by atoms with E-state index in [-0.39, 0.29) is 11.8 Å². The molecule has 32 heavy (non-hydrogen) atoms. The van der Waals surface area contributed by atoms with Gasteiger partial charge < -0.3 is 15.5 Å². The number of likely N-dealkylation sites (N-methyl/N-ethyl adjacent to an activating group) is 1. The van der Waals surface area contributed by atoms with Gasteiger partial charge in [-0.25, -0.2) is 0 Å². The first-order valence-electron chi connectivity index (χ1n) is 11.1. The molecule has 5 heteroatoms. The first-order chi connectivity index (χ1) is 15.5. The summed E-state index contributed by atoms with van der Waals surface area (Å²) in [6.45, 7) is 1.37. The summed E-state index contributed by atoms with van der Waals surface area (Å²) in [5.41, 5.74) is 2.79. The van der Waals surface area contributed by atoms with Crippen molar-refractivity contribution in [3.63, 3.8) is 0 Å². The molecule has 0 fully saturated rings. The van der Waals surface area contributed by atoms with Crippen molar-refractivity contribution < 1.29 is 14.5 Å². The van der Waals surface area contributed by atoms with Crippen LogP contribution in [0.2, 0.25) is 0 Å². The van der Waals surface area contributed by atoms with Crippen LogP contribution >= 0.6 is 0 Å². The third-order valence-electron chi connectivity index (χ3n) is 5.37. The van der Waals surface area contributed by atoms with Gasteiger partial charge in [-0.2, -0.15) is 0 Å². The summed E-state index contributed by atoms with van der Waals surface area (Å²) in [6, 6.07) is 28.5. The zero-order chi connectivity index (χ0) is 22.8. The Balaban J connectivity index is 1.83. The number of amides is 2. The second-order valence-corrected chi connectivity index (χ2v) is 8.25. The molecule has 0 heterocycles. The Morgan fingerprint density at radius 1 is 0.750 bits per heavy atom.